The molecule has 4 nitrogen and oxygen atoms in total. The van der Waals surface area contributed by atoms with Crippen molar-refractivity contribution in [2.75, 3.05) is 31.1 Å². The predicted octanol–water partition coefficient (Wildman–Crippen LogP) is 1.91. The molecule has 1 rings (SSSR count). The highest BCUT2D eigenvalue weighted by Gasteiger charge is 2.23. The molecule has 5 heteroatoms. The van der Waals surface area contributed by atoms with Gasteiger partial charge in [0.15, 0.2) is 0 Å². The third-order valence-electron chi connectivity index (χ3n) is 4.17. The molecule has 1 N–H and O–H groups in total. The molecule has 0 amide bonds. The Morgan fingerprint density at radius 2 is 2.05 bits per heavy atom. The predicted molar refractivity (Wildman–Crippen MR) is 85.8 cm³/mol. The van der Waals surface area contributed by atoms with Crippen LogP contribution >= 0.6 is 0 Å². The SMILES string of the molecule is CCS(=O)(=O)CCCN1CC(CC(C)C)NCCC1C. The van der Waals surface area contributed by atoms with Crippen molar-refractivity contribution in [3.05, 3.63) is 0 Å². The molecule has 1 aliphatic rings. The minimum atomic E-state index is -2.82. The zero-order chi connectivity index (χ0) is 15.2. The summed E-state index contributed by atoms with van der Waals surface area (Å²) < 4.78 is 23.1. The van der Waals surface area contributed by atoms with Gasteiger partial charge in [-0.2, -0.15) is 0 Å². The topological polar surface area (TPSA) is 49.4 Å². The summed E-state index contributed by atoms with van der Waals surface area (Å²) in [5.74, 6) is 1.29. The lowest BCUT2D eigenvalue weighted by Crippen LogP contribution is -2.41. The molecule has 120 valence electrons. The maximum absolute atomic E-state index is 11.6. The molecule has 0 aromatic carbocycles. The summed E-state index contributed by atoms with van der Waals surface area (Å²) in [6, 6.07) is 1.09. The largest absolute Gasteiger partial charge is 0.313 e. The van der Waals surface area contributed by atoms with Gasteiger partial charge in [0.05, 0.1) is 5.75 Å². The van der Waals surface area contributed by atoms with Gasteiger partial charge in [0.1, 0.15) is 9.84 Å². The Morgan fingerprint density at radius 3 is 2.65 bits per heavy atom. The van der Waals surface area contributed by atoms with Crippen LogP contribution in [0.4, 0.5) is 0 Å². The van der Waals surface area contributed by atoms with Gasteiger partial charge < -0.3 is 5.32 Å². The van der Waals surface area contributed by atoms with Gasteiger partial charge in [0.2, 0.25) is 0 Å². The third-order valence-corrected chi connectivity index (χ3v) is 5.96. The molecule has 20 heavy (non-hydrogen) atoms. The van der Waals surface area contributed by atoms with Gasteiger partial charge in [0, 0.05) is 24.4 Å². The lowest BCUT2D eigenvalue weighted by molar-refractivity contribution is 0.199. The molecule has 0 aromatic rings. The quantitative estimate of drug-likeness (QED) is 0.780. The van der Waals surface area contributed by atoms with Crippen LogP contribution in [-0.2, 0) is 9.84 Å². The molecule has 1 heterocycles. The van der Waals surface area contributed by atoms with E-state index in [0.29, 0.717) is 23.8 Å². The Hall–Kier alpha value is -0.130. The Morgan fingerprint density at radius 1 is 1.35 bits per heavy atom. The molecule has 1 saturated heterocycles. The molecule has 2 atom stereocenters. The molecule has 1 aliphatic heterocycles. The monoisotopic (exact) mass is 304 g/mol. The molecule has 1 fully saturated rings. The second-order valence-electron chi connectivity index (χ2n) is 6.50. The first-order chi connectivity index (χ1) is 9.34. The van der Waals surface area contributed by atoms with Crippen LogP contribution in [0.3, 0.4) is 0 Å². The Kier molecular flexibility index (Phi) is 7.48. The molecule has 0 aliphatic carbocycles. The van der Waals surface area contributed by atoms with E-state index in [9.17, 15) is 8.42 Å². The third kappa shape index (κ3) is 6.55. The normalized spacial score (nSPS) is 25.9. The summed E-state index contributed by atoms with van der Waals surface area (Å²) in [4.78, 5) is 2.47. The minimum Gasteiger partial charge on any atom is -0.313 e. The smallest absolute Gasteiger partial charge is 0.150 e. The Bertz CT molecular complexity index is 368. The zero-order valence-electron chi connectivity index (χ0n) is 13.6. The van der Waals surface area contributed by atoms with Crippen LogP contribution in [-0.4, -0.2) is 56.5 Å². The maximum Gasteiger partial charge on any atom is 0.150 e. The average Bonchev–Trinajstić information content (AvgIpc) is 2.51. The lowest BCUT2D eigenvalue weighted by Gasteiger charge is -2.29. The van der Waals surface area contributed by atoms with E-state index in [4.69, 9.17) is 0 Å². The maximum atomic E-state index is 11.6. The number of hydrogen-bond acceptors (Lipinski definition) is 4. The van der Waals surface area contributed by atoms with E-state index >= 15 is 0 Å². The Labute approximate surface area is 125 Å². The number of nitrogens with one attached hydrogen (secondary N) is 1. The van der Waals surface area contributed by atoms with E-state index in [1.165, 1.54) is 6.42 Å². The number of rotatable bonds is 7. The van der Waals surface area contributed by atoms with Crippen LogP contribution < -0.4 is 5.32 Å². The summed E-state index contributed by atoms with van der Waals surface area (Å²) in [5.41, 5.74) is 0. The Balaban J connectivity index is 2.47. The molecule has 0 bridgehead atoms. The summed E-state index contributed by atoms with van der Waals surface area (Å²) in [6.45, 7) is 11.5. The van der Waals surface area contributed by atoms with Gasteiger partial charge >= 0.3 is 0 Å². The summed E-state index contributed by atoms with van der Waals surface area (Å²) >= 11 is 0. The van der Waals surface area contributed by atoms with Crippen LogP contribution in [0, 0.1) is 5.92 Å². The summed E-state index contributed by atoms with van der Waals surface area (Å²) in [6.07, 6.45) is 3.10. The van der Waals surface area contributed by atoms with Crippen molar-refractivity contribution in [1.82, 2.24) is 10.2 Å². The number of sulfone groups is 1. The first-order valence-electron chi connectivity index (χ1n) is 8.02. The second-order valence-corrected chi connectivity index (χ2v) is 8.98. The van der Waals surface area contributed by atoms with Crippen LogP contribution in [0.25, 0.3) is 0 Å². The van der Waals surface area contributed by atoms with Gasteiger partial charge in [0.25, 0.3) is 0 Å². The van der Waals surface area contributed by atoms with E-state index in [2.05, 4.69) is 31.0 Å². The van der Waals surface area contributed by atoms with Crippen molar-refractivity contribution in [1.29, 1.82) is 0 Å². The second kappa shape index (κ2) is 8.35. The van der Waals surface area contributed by atoms with Gasteiger partial charge in [-0.1, -0.05) is 20.8 Å². The zero-order valence-corrected chi connectivity index (χ0v) is 14.4. The summed E-state index contributed by atoms with van der Waals surface area (Å²) in [7, 11) is -2.82. The van der Waals surface area contributed by atoms with E-state index in [1.807, 2.05) is 0 Å². The average molecular weight is 305 g/mol. The highest BCUT2D eigenvalue weighted by atomic mass is 32.2. The van der Waals surface area contributed by atoms with E-state index in [-0.39, 0.29) is 5.75 Å². The first kappa shape index (κ1) is 17.9. The molecule has 2 unspecified atom stereocenters. The fraction of sp³-hybridized carbons (Fsp3) is 1.00. The van der Waals surface area contributed by atoms with E-state index < -0.39 is 9.84 Å². The highest BCUT2D eigenvalue weighted by Crippen LogP contribution is 2.14. The van der Waals surface area contributed by atoms with Crippen LogP contribution in [0.2, 0.25) is 0 Å². The van der Waals surface area contributed by atoms with Gasteiger partial charge in [-0.05, 0) is 45.2 Å². The number of nitrogens with zero attached hydrogens (tertiary/aromatic N) is 1. The van der Waals surface area contributed by atoms with Crippen molar-refractivity contribution in [2.24, 2.45) is 5.92 Å². The van der Waals surface area contributed by atoms with Crippen molar-refractivity contribution >= 4 is 9.84 Å². The fourth-order valence-electron chi connectivity index (χ4n) is 2.88. The van der Waals surface area contributed by atoms with Crippen molar-refractivity contribution in [2.45, 2.75) is 59.0 Å². The van der Waals surface area contributed by atoms with Crippen molar-refractivity contribution < 1.29 is 8.42 Å². The molecule has 0 radical (unpaired) electrons. The van der Waals surface area contributed by atoms with Crippen molar-refractivity contribution in [3.63, 3.8) is 0 Å². The van der Waals surface area contributed by atoms with Crippen LogP contribution in [0.15, 0.2) is 0 Å². The molecular formula is C15H32N2O2S. The van der Waals surface area contributed by atoms with E-state index in [1.54, 1.807) is 6.92 Å². The lowest BCUT2D eigenvalue weighted by atomic mass is 10.0. The molecule has 0 saturated carbocycles. The molecule has 0 aromatic heterocycles. The molecule has 0 spiro atoms. The van der Waals surface area contributed by atoms with Crippen LogP contribution in [0.1, 0.15) is 47.0 Å². The standard InChI is InChI=1S/C15H32N2O2S/c1-5-20(18,19)10-6-9-17-12-15(11-13(2)3)16-8-7-14(17)4/h13-16H,5-12H2,1-4H3. The summed E-state index contributed by atoms with van der Waals surface area (Å²) in [5, 5.41) is 3.63. The van der Waals surface area contributed by atoms with E-state index in [0.717, 1.165) is 32.5 Å². The molecular weight excluding hydrogens is 272 g/mol. The first-order valence-corrected chi connectivity index (χ1v) is 9.84. The fourth-order valence-corrected chi connectivity index (χ4v) is 3.73. The van der Waals surface area contributed by atoms with Gasteiger partial charge in [-0.3, -0.25) is 4.90 Å². The van der Waals surface area contributed by atoms with Gasteiger partial charge in [-0.25, -0.2) is 8.42 Å². The van der Waals surface area contributed by atoms with Crippen molar-refractivity contribution in [3.8, 4) is 0 Å². The minimum absolute atomic E-state index is 0.264. The van der Waals surface area contributed by atoms with Crippen LogP contribution in [0.5, 0.6) is 0 Å². The van der Waals surface area contributed by atoms with Gasteiger partial charge in [-0.15, -0.1) is 0 Å². The number of hydrogen-bond donors (Lipinski definition) is 1. The highest BCUT2D eigenvalue weighted by molar-refractivity contribution is 7.91.